The van der Waals surface area contributed by atoms with Crippen molar-refractivity contribution in [1.82, 2.24) is 5.43 Å². The third-order valence-corrected chi connectivity index (χ3v) is 2.31. The topological polar surface area (TPSA) is 131 Å². The maximum atomic E-state index is 11.9. The number of hydrogen-bond acceptors (Lipinski definition) is 5. The summed E-state index contributed by atoms with van der Waals surface area (Å²) in [4.78, 5) is 22.3. The Labute approximate surface area is 103 Å². The largest absolute Gasteiger partial charge is 0.481 e. The number of hydrazine groups is 1. The molecule has 0 fully saturated rings. The van der Waals surface area contributed by atoms with Gasteiger partial charge in [-0.15, -0.1) is 0 Å². The first-order valence-electron chi connectivity index (χ1n) is 5.19. The predicted octanol–water partition coefficient (Wildman–Crippen LogP) is -0.182. The number of carbonyl (C=O) groups is 2. The van der Waals surface area contributed by atoms with Crippen molar-refractivity contribution in [3.63, 3.8) is 0 Å². The average Bonchev–Trinajstić information content (AvgIpc) is 2.38. The van der Waals surface area contributed by atoms with Crippen molar-refractivity contribution >= 4 is 17.6 Å². The number of nitrogens with two attached hydrogens (primary N) is 2. The van der Waals surface area contributed by atoms with Gasteiger partial charge in [0, 0.05) is 17.5 Å². The molecule has 0 amide bonds. The fourth-order valence-corrected chi connectivity index (χ4v) is 1.47. The molecule has 0 aromatic heterocycles. The van der Waals surface area contributed by atoms with E-state index in [2.05, 4.69) is 10.5 Å². The molecule has 0 aliphatic heterocycles. The van der Waals surface area contributed by atoms with Gasteiger partial charge in [0.25, 0.3) is 0 Å². The maximum Gasteiger partial charge on any atom is 0.303 e. The van der Waals surface area contributed by atoms with Gasteiger partial charge in [-0.1, -0.05) is 24.3 Å². The van der Waals surface area contributed by atoms with E-state index in [4.69, 9.17) is 16.8 Å². The number of carbonyl (C=O) groups excluding carboxylic acids is 1. The number of hydrogen-bond donors (Lipinski definition) is 4. The number of rotatable bonds is 5. The minimum atomic E-state index is -1.02. The zero-order chi connectivity index (χ0) is 13.5. The fraction of sp³-hybridized carbons (Fsp3) is 0.182. The van der Waals surface area contributed by atoms with Crippen LogP contribution in [0.2, 0.25) is 0 Å². The van der Waals surface area contributed by atoms with Gasteiger partial charge >= 0.3 is 5.97 Å². The van der Waals surface area contributed by atoms with E-state index in [0.29, 0.717) is 11.1 Å². The molecule has 0 unspecified atom stereocenters. The Morgan fingerprint density at radius 3 is 2.33 bits per heavy atom. The Morgan fingerprint density at radius 2 is 1.83 bits per heavy atom. The smallest absolute Gasteiger partial charge is 0.303 e. The van der Waals surface area contributed by atoms with Gasteiger partial charge < -0.3 is 16.4 Å². The van der Waals surface area contributed by atoms with Crippen molar-refractivity contribution in [2.75, 3.05) is 0 Å². The van der Waals surface area contributed by atoms with Crippen LogP contribution in [-0.2, 0) is 4.79 Å². The predicted molar refractivity (Wildman–Crippen MR) is 65.7 cm³/mol. The van der Waals surface area contributed by atoms with Gasteiger partial charge in [0.1, 0.15) is 0 Å². The maximum absolute atomic E-state index is 11.9. The summed E-state index contributed by atoms with van der Waals surface area (Å²) in [5.41, 5.74) is 3.06. The Hall–Kier alpha value is -2.41. The summed E-state index contributed by atoms with van der Waals surface area (Å²) in [6.07, 6.45) is -0.312. The zero-order valence-electron chi connectivity index (χ0n) is 9.59. The molecule has 0 aliphatic rings. The van der Waals surface area contributed by atoms with Crippen LogP contribution in [0.5, 0.6) is 0 Å². The average molecular weight is 250 g/mol. The highest BCUT2D eigenvalue weighted by atomic mass is 16.4. The Bertz CT molecular complexity index is 485. The first kappa shape index (κ1) is 13.7. The number of nitrogens with zero attached hydrogens (tertiary/aromatic N) is 1. The van der Waals surface area contributed by atoms with Crippen molar-refractivity contribution in [1.29, 1.82) is 0 Å². The quantitative estimate of drug-likeness (QED) is 0.188. The third-order valence-electron chi connectivity index (χ3n) is 2.31. The van der Waals surface area contributed by atoms with E-state index in [1.54, 1.807) is 24.3 Å². The van der Waals surface area contributed by atoms with Crippen LogP contribution in [0.15, 0.2) is 29.4 Å². The lowest BCUT2D eigenvalue weighted by Gasteiger charge is -2.09. The third kappa shape index (κ3) is 3.29. The number of benzene rings is 1. The van der Waals surface area contributed by atoms with E-state index in [1.807, 2.05) is 0 Å². The first-order chi connectivity index (χ1) is 8.60. The molecule has 0 bridgehead atoms. The molecule has 0 saturated carbocycles. The van der Waals surface area contributed by atoms with Gasteiger partial charge in [-0.25, -0.2) is 5.84 Å². The fourth-order valence-electron chi connectivity index (χ4n) is 1.47. The minimum absolute atomic E-state index is 0.0885. The van der Waals surface area contributed by atoms with Crippen molar-refractivity contribution < 1.29 is 14.7 Å². The molecule has 6 N–H and O–H groups in total. The summed E-state index contributed by atoms with van der Waals surface area (Å²) >= 11 is 0. The summed E-state index contributed by atoms with van der Waals surface area (Å²) in [6.45, 7) is 0. The van der Waals surface area contributed by atoms with Gasteiger partial charge in [0.15, 0.2) is 11.6 Å². The van der Waals surface area contributed by atoms with Gasteiger partial charge in [0.05, 0.1) is 6.42 Å². The standard InChI is InChI=1S/C11H14N4O3/c12-14-11(15-13)8-4-2-1-3-7(8)9(16)5-6-10(17)18/h1-4H,5-6,12-13H2,(H,14,15)(H,17,18). The van der Waals surface area contributed by atoms with Crippen molar-refractivity contribution in [2.45, 2.75) is 12.8 Å². The number of nitrogens with one attached hydrogen (secondary N) is 1. The Morgan fingerprint density at radius 1 is 1.22 bits per heavy atom. The lowest BCUT2D eigenvalue weighted by molar-refractivity contribution is -0.136. The second-order valence-electron chi connectivity index (χ2n) is 3.48. The van der Waals surface area contributed by atoms with E-state index in [-0.39, 0.29) is 24.5 Å². The molecule has 0 spiro atoms. The Kier molecular flexibility index (Phi) is 4.82. The molecule has 0 radical (unpaired) electrons. The summed E-state index contributed by atoms with van der Waals surface area (Å²) in [5, 5.41) is 12.0. The Balaban J connectivity index is 3.02. The second kappa shape index (κ2) is 6.36. The van der Waals surface area contributed by atoms with E-state index >= 15 is 0 Å². The molecule has 18 heavy (non-hydrogen) atoms. The van der Waals surface area contributed by atoms with Gasteiger partial charge in [-0.05, 0) is 0 Å². The number of hydrazone groups is 1. The van der Waals surface area contributed by atoms with E-state index in [9.17, 15) is 9.59 Å². The minimum Gasteiger partial charge on any atom is -0.481 e. The van der Waals surface area contributed by atoms with Gasteiger partial charge in [-0.3, -0.25) is 9.59 Å². The number of ketones is 1. The molecular formula is C11H14N4O3. The molecule has 96 valence electrons. The number of aliphatic carboxylic acids is 1. The van der Waals surface area contributed by atoms with Crippen LogP contribution >= 0.6 is 0 Å². The highest BCUT2D eigenvalue weighted by molar-refractivity contribution is 6.10. The van der Waals surface area contributed by atoms with Crippen LogP contribution in [0.1, 0.15) is 28.8 Å². The molecular weight excluding hydrogens is 236 g/mol. The monoisotopic (exact) mass is 250 g/mol. The number of carboxylic acids is 1. The van der Waals surface area contributed by atoms with E-state index < -0.39 is 5.97 Å². The zero-order valence-corrected chi connectivity index (χ0v) is 9.59. The van der Waals surface area contributed by atoms with Gasteiger partial charge in [0.2, 0.25) is 0 Å². The van der Waals surface area contributed by atoms with Crippen molar-refractivity contribution in [3.8, 4) is 0 Å². The van der Waals surface area contributed by atoms with Crippen molar-refractivity contribution in [2.24, 2.45) is 16.8 Å². The summed E-state index contributed by atoms with van der Waals surface area (Å²) in [6, 6.07) is 6.57. The van der Waals surface area contributed by atoms with E-state index in [0.717, 1.165) is 0 Å². The van der Waals surface area contributed by atoms with E-state index in [1.165, 1.54) is 0 Å². The molecule has 0 aliphatic carbocycles. The summed E-state index contributed by atoms with van der Waals surface area (Å²) in [5.74, 6) is 9.22. The second-order valence-corrected chi connectivity index (χ2v) is 3.48. The first-order valence-corrected chi connectivity index (χ1v) is 5.19. The lowest BCUT2D eigenvalue weighted by Crippen LogP contribution is -2.33. The van der Waals surface area contributed by atoms with Crippen molar-refractivity contribution in [3.05, 3.63) is 35.4 Å². The molecule has 0 saturated heterocycles. The van der Waals surface area contributed by atoms with Crippen LogP contribution in [0.3, 0.4) is 0 Å². The normalized spacial score (nSPS) is 11.1. The lowest BCUT2D eigenvalue weighted by atomic mass is 10.00. The molecule has 0 heterocycles. The van der Waals surface area contributed by atoms with Crippen LogP contribution in [0, 0.1) is 0 Å². The summed E-state index contributed by atoms with van der Waals surface area (Å²) in [7, 11) is 0. The molecule has 0 atom stereocenters. The molecule has 7 heteroatoms. The molecule has 1 aromatic carbocycles. The van der Waals surface area contributed by atoms with Crippen LogP contribution in [0.25, 0.3) is 0 Å². The number of carboxylic acid groups (broad SMARTS) is 1. The van der Waals surface area contributed by atoms with Crippen LogP contribution in [0.4, 0.5) is 0 Å². The van der Waals surface area contributed by atoms with Crippen LogP contribution < -0.4 is 17.1 Å². The van der Waals surface area contributed by atoms with Crippen LogP contribution in [-0.4, -0.2) is 22.7 Å². The number of amidine groups is 1. The molecule has 1 rings (SSSR count). The highest BCUT2D eigenvalue weighted by Gasteiger charge is 2.15. The summed E-state index contributed by atoms with van der Waals surface area (Å²) < 4.78 is 0. The molecule has 7 nitrogen and oxygen atoms in total. The number of Topliss-reactive ketones (excluding diaryl/α,β-unsaturated/α-hetero) is 1. The van der Waals surface area contributed by atoms with Gasteiger partial charge in [-0.2, -0.15) is 5.10 Å². The SMILES string of the molecule is N/N=C(\NN)c1ccccc1C(=O)CCC(=O)O. The highest BCUT2D eigenvalue weighted by Crippen LogP contribution is 2.12. The molecule has 1 aromatic rings.